The fourth-order valence-electron chi connectivity index (χ4n) is 5.26. The standard InChI is InChI=1S/C25H31N3O2/c1-18-10-11-22(19(2)12-18)23(29)28-15-21-14-27(13-20-8-6-5-7-9-20)16-25(21,17-28)24(30)26(3)4/h5-12,21H,13-17H2,1-4H3/t21-,25-/m0/s1. The summed E-state index contributed by atoms with van der Waals surface area (Å²) >= 11 is 0. The van der Waals surface area contributed by atoms with Gasteiger partial charge < -0.3 is 9.80 Å². The fraction of sp³-hybridized carbons (Fsp3) is 0.440. The molecule has 2 heterocycles. The quantitative estimate of drug-likeness (QED) is 0.786. The Morgan fingerprint density at radius 1 is 1.03 bits per heavy atom. The molecule has 5 nitrogen and oxygen atoms in total. The van der Waals surface area contributed by atoms with Crippen molar-refractivity contribution in [3.05, 3.63) is 70.8 Å². The molecule has 0 unspecified atom stereocenters. The Labute approximate surface area is 179 Å². The SMILES string of the molecule is Cc1ccc(C(=O)N2C[C@@H]3CN(Cc4ccccc4)C[C@]3(C(=O)N(C)C)C2)c(C)c1. The Bertz CT molecular complexity index is 956. The molecule has 5 heteroatoms. The van der Waals surface area contributed by atoms with Gasteiger partial charge in [-0.3, -0.25) is 14.5 Å². The highest BCUT2D eigenvalue weighted by Gasteiger charge is 2.58. The number of aryl methyl sites for hydroxylation is 2. The van der Waals surface area contributed by atoms with Gasteiger partial charge in [0.15, 0.2) is 0 Å². The zero-order chi connectivity index (χ0) is 21.5. The molecule has 2 aliphatic heterocycles. The maximum absolute atomic E-state index is 13.3. The van der Waals surface area contributed by atoms with Gasteiger partial charge in [-0.1, -0.05) is 48.0 Å². The van der Waals surface area contributed by atoms with Crippen LogP contribution in [-0.4, -0.2) is 66.8 Å². The maximum atomic E-state index is 13.3. The van der Waals surface area contributed by atoms with Crippen LogP contribution in [0, 0.1) is 25.2 Å². The van der Waals surface area contributed by atoms with Crippen LogP contribution in [0.25, 0.3) is 0 Å². The second-order valence-electron chi connectivity index (χ2n) is 9.21. The van der Waals surface area contributed by atoms with E-state index in [-0.39, 0.29) is 17.7 Å². The Morgan fingerprint density at radius 3 is 2.43 bits per heavy atom. The minimum absolute atomic E-state index is 0.0439. The van der Waals surface area contributed by atoms with E-state index in [1.54, 1.807) is 4.90 Å². The van der Waals surface area contributed by atoms with Crippen LogP contribution in [0.1, 0.15) is 27.0 Å². The molecular formula is C25H31N3O2. The smallest absolute Gasteiger partial charge is 0.254 e. The van der Waals surface area contributed by atoms with E-state index in [4.69, 9.17) is 0 Å². The third-order valence-corrected chi connectivity index (χ3v) is 6.66. The van der Waals surface area contributed by atoms with Crippen molar-refractivity contribution in [3.63, 3.8) is 0 Å². The molecule has 2 aliphatic rings. The second kappa shape index (κ2) is 7.88. The lowest BCUT2D eigenvalue weighted by Gasteiger charge is -2.31. The van der Waals surface area contributed by atoms with Crippen LogP contribution in [0.2, 0.25) is 0 Å². The minimum atomic E-state index is -0.521. The molecule has 158 valence electrons. The van der Waals surface area contributed by atoms with Gasteiger partial charge in [0.2, 0.25) is 5.91 Å². The molecule has 4 rings (SSSR count). The molecule has 0 aromatic heterocycles. The first-order chi connectivity index (χ1) is 14.3. The lowest BCUT2D eigenvalue weighted by molar-refractivity contribution is -0.139. The molecule has 0 bridgehead atoms. The number of carbonyl (C=O) groups excluding carboxylic acids is 2. The Kier molecular flexibility index (Phi) is 5.41. The molecule has 0 spiro atoms. The summed E-state index contributed by atoms with van der Waals surface area (Å²) in [6.07, 6.45) is 0. The second-order valence-corrected chi connectivity index (χ2v) is 9.21. The molecule has 2 aromatic rings. The first kappa shape index (κ1) is 20.6. The first-order valence-electron chi connectivity index (χ1n) is 10.6. The molecular weight excluding hydrogens is 374 g/mol. The molecule has 2 aromatic carbocycles. The Hall–Kier alpha value is -2.66. The highest BCUT2D eigenvalue weighted by atomic mass is 16.2. The maximum Gasteiger partial charge on any atom is 0.254 e. The molecule has 2 fully saturated rings. The van der Waals surface area contributed by atoms with Gasteiger partial charge in [-0.05, 0) is 31.0 Å². The minimum Gasteiger partial charge on any atom is -0.348 e. The van der Waals surface area contributed by atoms with Crippen LogP contribution >= 0.6 is 0 Å². The highest BCUT2D eigenvalue weighted by Crippen LogP contribution is 2.44. The number of likely N-dealkylation sites (tertiary alicyclic amines) is 2. The van der Waals surface area contributed by atoms with Crippen LogP contribution in [-0.2, 0) is 11.3 Å². The van der Waals surface area contributed by atoms with Crippen molar-refractivity contribution in [3.8, 4) is 0 Å². The van der Waals surface area contributed by atoms with Gasteiger partial charge in [-0.2, -0.15) is 0 Å². The van der Waals surface area contributed by atoms with E-state index in [0.717, 1.165) is 29.8 Å². The molecule has 2 atom stereocenters. The molecule has 0 N–H and O–H groups in total. The summed E-state index contributed by atoms with van der Waals surface area (Å²) in [7, 11) is 3.64. The highest BCUT2D eigenvalue weighted by molar-refractivity contribution is 5.97. The predicted octanol–water partition coefficient (Wildman–Crippen LogP) is 2.97. The Morgan fingerprint density at radius 2 is 1.77 bits per heavy atom. The van der Waals surface area contributed by atoms with E-state index < -0.39 is 5.41 Å². The summed E-state index contributed by atoms with van der Waals surface area (Å²) in [5.41, 5.74) is 3.63. The number of nitrogens with zero attached hydrogens (tertiary/aromatic N) is 3. The van der Waals surface area contributed by atoms with E-state index >= 15 is 0 Å². The number of fused-ring (bicyclic) bond motifs is 1. The summed E-state index contributed by atoms with van der Waals surface area (Å²) in [5, 5.41) is 0. The van der Waals surface area contributed by atoms with Crippen molar-refractivity contribution in [2.45, 2.75) is 20.4 Å². The number of amides is 2. The number of hydrogen-bond acceptors (Lipinski definition) is 3. The number of benzene rings is 2. The lowest BCUT2D eigenvalue weighted by Crippen LogP contribution is -2.47. The van der Waals surface area contributed by atoms with Gasteiger partial charge in [0, 0.05) is 58.3 Å². The molecule has 0 radical (unpaired) electrons. The summed E-state index contributed by atoms with van der Waals surface area (Å²) in [4.78, 5) is 32.6. The molecule has 0 saturated carbocycles. The van der Waals surface area contributed by atoms with Crippen LogP contribution in [0.5, 0.6) is 0 Å². The average Bonchev–Trinajstić information content (AvgIpc) is 3.22. The number of carbonyl (C=O) groups is 2. The van der Waals surface area contributed by atoms with Crippen molar-refractivity contribution >= 4 is 11.8 Å². The molecule has 2 saturated heterocycles. The van der Waals surface area contributed by atoms with E-state index in [1.807, 2.05) is 57.1 Å². The average molecular weight is 406 g/mol. The summed E-state index contributed by atoms with van der Waals surface area (Å²) < 4.78 is 0. The lowest BCUT2D eigenvalue weighted by atomic mass is 9.79. The third-order valence-electron chi connectivity index (χ3n) is 6.66. The van der Waals surface area contributed by atoms with Gasteiger partial charge in [0.05, 0.1) is 5.41 Å². The summed E-state index contributed by atoms with van der Waals surface area (Å²) in [5.74, 6) is 0.340. The van der Waals surface area contributed by atoms with E-state index in [0.29, 0.717) is 19.6 Å². The van der Waals surface area contributed by atoms with E-state index in [9.17, 15) is 9.59 Å². The first-order valence-corrected chi connectivity index (χ1v) is 10.6. The van der Waals surface area contributed by atoms with Crippen molar-refractivity contribution in [2.24, 2.45) is 11.3 Å². The van der Waals surface area contributed by atoms with Gasteiger partial charge in [-0.15, -0.1) is 0 Å². The fourth-order valence-corrected chi connectivity index (χ4v) is 5.26. The van der Waals surface area contributed by atoms with Gasteiger partial charge >= 0.3 is 0 Å². The summed E-state index contributed by atoms with van der Waals surface area (Å²) in [6, 6.07) is 16.3. The zero-order valence-corrected chi connectivity index (χ0v) is 18.4. The van der Waals surface area contributed by atoms with Crippen molar-refractivity contribution in [1.29, 1.82) is 0 Å². The van der Waals surface area contributed by atoms with Crippen LogP contribution in [0.15, 0.2) is 48.5 Å². The summed E-state index contributed by atoms with van der Waals surface area (Å²) in [6.45, 7) is 7.52. The van der Waals surface area contributed by atoms with Crippen LogP contribution < -0.4 is 0 Å². The number of hydrogen-bond donors (Lipinski definition) is 0. The predicted molar refractivity (Wildman–Crippen MR) is 118 cm³/mol. The van der Waals surface area contributed by atoms with E-state index in [2.05, 4.69) is 29.2 Å². The monoisotopic (exact) mass is 405 g/mol. The largest absolute Gasteiger partial charge is 0.348 e. The number of rotatable bonds is 4. The van der Waals surface area contributed by atoms with Gasteiger partial charge in [0.1, 0.15) is 0 Å². The van der Waals surface area contributed by atoms with E-state index in [1.165, 1.54) is 5.56 Å². The zero-order valence-electron chi connectivity index (χ0n) is 18.4. The van der Waals surface area contributed by atoms with Crippen LogP contribution in [0.4, 0.5) is 0 Å². The Balaban J connectivity index is 1.57. The van der Waals surface area contributed by atoms with Gasteiger partial charge in [-0.25, -0.2) is 0 Å². The van der Waals surface area contributed by atoms with Crippen molar-refractivity contribution in [2.75, 3.05) is 40.3 Å². The molecule has 0 aliphatic carbocycles. The topological polar surface area (TPSA) is 43.9 Å². The molecule has 2 amide bonds. The third kappa shape index (κ3) is 3.63. The van der Waals surface area contributed by atoms with Crippen LogP contribution in [0.3, 0.4) is 0 Å². The van der Waals surface area contributed by atoms with Crippen molar-refractivity contribution < 1.29 is 9.59 Å². The normalized spacial score (nSPS) is 23.5. The van der Waals surface area contributed by atoms with Gasteiger partial charge in [0.25, 0.3) is 5.91 Å². The molecule has 30 heavy (non-hydrogen) atoms. The van der Waals surface area contributed by atoms with Crippen molar-refractivity contribution in [1.82, 2.24) is 14.7 Å².